The molecular formula is C15H26N2S. The van der Waals surface area contributed by atoms with Gasteiger partial charge in [-0.2, -0.15) is 0 Å². The number of thiophene rings is 1. The van der Waals surface area contributed by atoms with Crippen molar-refractivity contribution in [3.8, 4) is 0 Å². The molecule has 1 saturated heterocycles. The zero-order valence-electron chi connectivity index (χ0n) is 12.0. The van der Waals surface area contributed by atoms with Gasteiger partial charge in [-0.05, 0) is 77.8 Å². The van der Waals surface area contributed by atoms with E-state index in [4.69, 9.17) is 0 Å². The molecule has 0 bridgehead atoms. The van der Waals surface area contributed by atoms with Gasteiger partial charge in [-0.1, -0.05) is 0 Å². The first-order valence-electron chi connectivity index (χ1n) is 7.19. The van der Waals surface area contributed by atoms with E-state index in [-0.39, 0.29) is 0 Å². The van der Waals surface area contributed by atoms with Crippen LogP contribution in [0.25, 0.3) is 0 Å². The van der Waals surface area contributed by atoms with E-state index in [2.05, 4.69) is 37.1 Å². The van der Waals surface area contributed by atoms with Crippen LogP contribution in [-0.2, 0) is 0 Å². The van der Waals surface area contributed by atoms with Crippen molar-refractivity contribution < 1.29 is 0 Å². The number of nitrogens with one attached hydrogen (secondary N) is 1. The van der Waals surface area contributed by atoms with Gasteiger partial charge in [0.15, 0.2) is 0 Å². The first-order valence-corrected chi connectivity index (χ1v) is 8.01. The molecule has 2 heterocycles. The van der Waals surface area contributed by atoms with Crippen LogP contribution in [-0.4, -0.2) is 31.1 Å². The molecule has 2 nitrogen and oxygen atoms in total. The van der Waals surface area contributed by atoms with E-state index in [0.717, 1.165) is 6.54 Å². The Balaban J connectivity index is 1.68. The van der Waals surface area contributed by atoms with Gasteiger partial charge in [-0.3, -0.25) is 0 Å². The van der Waals surface area contributed by atoms with E-state index in [1.165, 1.54) is 54.2 Å². The van der Waals surface area contributed by atoms with E-state index < -0.39 is 0 Å². The van der Waals surface area contributed by atoms with Gasteiger partial charge in [0.25, 0.3) is 0 Å². The van der Waals surface area contributed by atoms with E-state index >= 15 is 0 Å². The zero-order valence-corrected chi connectivity index (χ0v) is 12.8. The Morgan fingerprint density at radius 3 is 2.67 bits per heavy atom. The Labute approximate surface area is 115 Å². The summed E-state index contributed by atoms with van der Waals surface area (Å²) in [5.74, 6) is 0. The van der Waals surface area contributed by atoms with Crippen molar-refractivity contribution >= 4 is 11.3 Å². The summed E-state index contributed by atoms with van der Waals surface area (Å²) in [7, 11) is 0. The lowest BCUT2D eigenvalue weighted by Gasteiger charge is -2.17. The Kier molecular flexibility index (Phi) is 5.22. The first kappa shape index (κ1) is 14.0. The normalized spacial score (nSPS) is 18.4. The maximum absolute atomic E-state index is 3.66. The molecule has 0 aliphatic carbocycles. The topological polar surface area (TPSA) is 15.3 Å². The highest BCUT2D eigenvalue weighted by atomic mass is 32.1. The van der Waals surface area contributed by atoms with Crippen LogP contribution in [0.5, 0.6) is 0 Å². The first-order chi connectivity index (χ1) is 8.66. The van der Waals surface area contributed by atoms with Crippen LogP contribution < -0.4 is 5.32 Å². The van der Waals surface area contributed by atoms with E-state index in [9.17, 15) is 0 Å². The van der Waals surface area contributed by atoms with Crippen LogP contribution >= 0.6 is 11.3 Å². The Morgan fingerprint density at radius 1 is 1.33 bits per heavy atom. The van der Waals surface area contributed by atoms with Gasteiger partial charge in [-0.25, -0.2) is 0 Å². The van der Waals surface area contributed by atoms with Gasteiger partial charge in [0.05, 0.1) is 0 Å². The van der Waals surface area contributed by atoms with Gasteiger partial charge in [0.2, 0.25) is 0 Å². The van der Waals surface area contributed by atoms with Crippen molar-refractivity contribution in [3.63, 3.8) is 0 Å². The van der Waals surface area contributed by atoms with Crippen LogP contribution in [0.15, 0.2) is 6.07 Å². The van der Waals surface area contributed by atoms with Crippen molar-refractivity contribution in [1.82, 2.24) is 10.2 Å². The van der Waals surface area contributed by atoms with Crippen LogP contribution in [0, 0.1) is 13.8 Å². The molecule has 18 heavy (non-hydrogen) atoms. The van der Waals surface area contributed by atoms with Crippen molar-refractivity contribution in [3.05, 3.63) is 21.4 Å². The Hall–Kier alpha value is -0.380. The molecule has 0 aromatic carbocycles. The number of nitrogens with zero attached hydrogens (tertiary/aromatic N) is 1. The molecule has 1 fully saturated rings. The fourth-order valence-electron chi connectivity index (χ4n) is 2.82. The quantitative estimate of drug-likeness (QED) is 0.793. The molecule has 1 atom stereocenters. The number of rotatable bonds is 6. The molecule has 1 aliphatic rings. The monoisotopic (exact) mass is 266 g/mol. The molecule has 1 N–H and O–H groups in total. The second-order valence-corrected chi connectivity index (χ2v) is 6.91. The Morgan fingerprint density at radius 2 is 2.06 bits per heavy atom. The summed E-state index contributed by atoms with van der Waals surface area (Å²) in [6.07, 6.45) is 4.07. The summed E-state index contributed by atoms with van der Waals surface area (Å²) < 4.78 is 0. The fourth-order valence-corrected chi connectivity index (χ4v) is 3.84. The average molecular weight is 266 g/mol. The van der Waals surface area contributed by atoms with Crippen LogP contribution in [0.3, 0.4) is 0 Å². The summed E-state index contributed by atoms with van der Waals surface area (Å²) in [5.41, 5.74) is 1.48. The fraction of sp³-hybridized carbons (Fsp3) is 0.733. The highest BCUT2D eigenvalue weighted by Gasteiger charge is 2.12. The van der Waals surface area contributed by atoms with Crippen LogP contribution in [0.1, 0.15) is 47.5 Å². The molecule has 0 radical (unpaired) electrons. The standard InChI is InChI=1S/C15H26N2S/c1-12-11-15(14(3)18-12)13(2)16-7-6-10-17-8-4-5-9-17/h11,13,16H,4-10H2,1-3H3. The molecule has 1 aromatic rings. The molecular weight excluding hydrogens is 240 g/mol. The predicted molar refractivity (Wildman–Crippen MR) is 80.5 cm³/mol. The minimum absolute atomic E-state index is 0.494. The van der Waals surface area contributed by atoms with E-state index in [1.807, 2.05) is 11.3 Å². The van der Waals surface area contributed by atoms with E-state index in [1.54, 1.807) is 0 Å². The van der Waals surface area contributed by atoms with Crippen LogP contribution in [0.4, 0.5) is 0 Å². The minimum atomic E-state index is 0.494. The van der Waals surface area contributed by atoms with Crippen molar-refractivity contribution in [2.75, 3.05) is 26.2 Å². The summed E-state index contributed by atoms with van der Waals surface area (Å²) >= 11 is 1.91. The number of hydrogen-bond donors (Lipinski definition) is 1. The lowest BCUT2D eigenvalue weighted by atomic mass is 10.1. The average Bonchev–Trinajstić information content (AvgIpc) is 2.94. The number of likely N-dealkylation sites (tertiary alicyclic amines) is 1. The molecule has 0 spiro atoms. The number of hydrogen-bond acceptors (Lipinski definition) is 3. The van der Waals surface area contributed by atoms with Crippen molar-refractivity contribution in [2.45, 2.75) is 46.1 Å². The highest BCUT2D eigenvalue weighted by molar-refractivity contribution is 7.12. The van der Waals surface area contributed by atoms with Gasteiger partial charge in [-0.15, -0.1) is 11.3 Å². The molecule has 1 aromatic heterocycles. The van der Waals surface area contributed by atoms with Crippen LogP contribution in [0.2, 0.25) is 0 Å². The smallest absolute Gasteiger partial charge is 0.0302 e. The predicted octanol–water partition coefficient (Wildman–Crippen LogP) is 3.50. The molecule has 0 saturated carbocycles. The van der Waals surface area contributed by atoms with Gasteiger partial charge in [0.1, 0.15) is 0 Å². The lowest BCUT2D eigenvalue weighted by Crippen LogP contribution is -2.26. The minimum Gasteiger partial charge on any atom is -0.310 e. The van der Waals surface area contributed by atoms with Gasteiger partial charge >= 0.3 is 0 Å². The van der Waals surface area contributed by atoms with E-state index in [0.29, 0.717) is 6.04 Å². The second-order valence-electron chi connectivity index (χ2n) is 5.45. The third-order valence-electron chi connectivity index (χ3n) is 3.85. The highest BCUT2D eigenvalue weighted by Crippen LogP contribution is 2.25. The number of aryl methyl sites for hydroxylation is 2. The molecule has 1 aliphatic heterocycles. The van der Waals surface area contributed by atoms with Crippen molar-refractivity contribution in [2.24, 2.45) is 0 Å². The lowest BCUT2D eigenvalue weighted by molar-refractivity contribution is 0.328. The maximum Gasteiger partial charge on any atom is 0.0302 e. The molecule has 1 unspecified atom stereocenters. The molecule has 3 heteroatoms. The summed E-state index contributed by atoms with van der Waals surface area (Å²) in [6.45, 7) is 11.7. The zero-order chi connectivity index (χ0) is 13.0. The van der Waals surface area contributed by atoms with Gasteiger partial charge < -0.3 is 10.2 Å². The summed E-state index contributed by atoms with van der Waals surface area (Å²) in [5, 5.41) is 3.66. The third kappa shape index (κ3) is 3.81. The van der Waals surface area contributed by atoms with Crippen molar-refractivity contribution in [1.29, 1.82) is 0 Å². The molecule has 102 valence electrons. The SMILES string of the molecule is Cc1cc(C(C)NCCCN2CCCC2)c(C)s1. The molecule has 2 rings (SSSR count). The second kappa shape index (κ2) is 6.69. The summed E-state index contributed by atoms with van der Waals surface area (Å²) in [6, 6.07) is 2.83. The maximum atomic E-state index is 3.66. The third-order valence-corrected chi connectivity index (χ3v) is 4.83. The summed E-state index contributed by atoms with van der Waals surface area (Å²) in [4.78, 5) is 5.48. The van der Waals surface area contributed by atoms with Gasteiger partial charge in [0, 0.05) is 15.8 Å². The molecule has 0 amide bonds. The largest absolute Gasteiger partial charge is 0.310 e. The Bertz CT molecular complexity index is 367.